The van der Waals surface area contributed by atoms with Crippen LogP contribution in [-0.2, 0) is 11.3 Å². The van der Waals surface area contributed by atoms with Gasteiger partial charge in [0.1, 0.15) is 5.75 Å². The summed E-state index contributed by atoms with van der Waals surface area (Å²) in [5, 5.41) is 11.1. The smallest absolute Gasteiger partial charge is 0.122 e. The highest BCUT2D eigenvalue weighted by molar-refractivity contribution is 5.44. The zero-order valence-electron chi connectivity index (χ0n) is 17.8. The van der Waals surface area contributed by atoms with E-state index in [1.165, 1.54) is 5.56 Å². The van der Waals surface area contributed by atoms with Crippen molar-refractivity contribution in [2.45, 2.75) is 31.6 Å². The van der Waals surface area contributed by atoms with Crippen molar-refractivity contribution >= 4 is 0 Å². The summed E-state index contributed by atoms with van der Waals surface area (Å²) in [7, 11) is 1.70. The molecule has 158 valence electrons. The second-order valence-electron chi connectivity index (χ2n) is 8.22. The molecular weight excluding hydrogens is 374 g/mol. The second-order valence-corrected chi connectivity index (χ2v) is 8.22. The number of ether oxygens (including phenoxy) is 2. The Balaban J connectivity index is 1.66. The molecule has 4 atom stereocenters. The van der Waals surface area contributed by atoms with Crippen LogP contribution in [0.3, 0.4) is 0 Å². The van der Waals surface area contributed by atoms with Gasteiger partial charge < -0.3 is 14.6 Å². The van der Waals surface area contributed by atoms with Gasteiger partial charge in [0.15, 0.2) is 0 Å². The fourth-order valence-corrected chi connectivity index (χ4v) is 4.93. The van der Waals surface area contributed by atoms with Crippen molar-refractivity contribution in [1.82, 2.24) is 4.90 Å². The van der Waals surface area contributed by atoms with Gasteiger partial charge in [-0.2, -0.15) is 0 Å². The molecule has 4 rings (SSSR count). The molecule has 1 saturated heterocycles. The largest absolute Gasteiger partial charge is 0.496 e. The van der Waals surface area contributed by atoms with Crippen molar-refractivity contribution < 1.29 is 14.6 Å². The van der Waals surface area contributed by atoms with Gasteiger partial charge in [0.05, 0.1) is 31.3 Å². The molecule has 30 heavy (non-hydrogen) atoms. The van der Waals surface area contributed by atoms with E-state index in [-0.39, 0.29) is 12.0 Å². The summed E-state index contributed by atoms with van der Waals surface area (Å²) < 4.78 is 12.0. The standard InChI is InChI=1S/C26H31NO3/c1-20(28)26(15-9-8-13-23(26)22-12-6-7-14-24(22)29-2)25-19-27(16-17-30-25)18-21-10-4-3-5-11-21/h3-15,20,23,25,28H,16-19H2,1-2H3. The van der Waals surface area contributed by atoms with Crippen LogP contribution in [0.25, 0.3) is 0 Å². The van der Waals surface area contributed by atoms with Crippen molar-refractivity contribution in [3.8, 4) is 5.75 Å². The summed E-state index contributed by atoms with van der Waals surface area (Å²) in [5.74, 6) is 0.796. The minimum absolute atomic E-state index is 0.0414. The first kappa shape index (κ1) is 20.9. The van der Waals surface area contributed by atoms with E-state index < -0.39 is 11.5 Å². The maximum absolute atomic E-state index is 11.1. The van der Waals surface area contributed by atoms with Crippen LogP contribution in [0.4, 0.5) is 0 Å². The molecule has 2 aromatic carbocycles. The quantitative estimate of drug-likeness (QED) is 0.783. The Bertz CT molecular complexity index is 892. The van der Waals surface area contributed by atoms with Crippen LogP contribution in [0.2, 0.25) is 0 Å². The highest BCUT2D eigenvalue weighted by Crippen LogP contribution is 2.50. The number of allylic oxidation sites excluding steroid dienone is 3. The first-order valence-corrected chi connectivity index (χ1v) is 10.7. The predicted molar refractivity (Wildman–Crippen MR) is 120 cm³/mol. The number of nitrogens with zero attached hydrogens (tertiary/aromatic N) is 1. The molecule has 1 N–H and O–H groups in total. The van der Waals surface area contributed by atoms with Crippen molar-refractivity contribution in [1.29, 1.82) is 0 Å². The lowest BCUT2D eigenvalue weighted by Crippen LogP contribution is -2.56. The number of para-hydroxylation sites is 1. The molecule has 2 aromatic rings. The Morgan fingerprint density at radius 3 is 2.67 bits per heavy atom. The number of benzene rings is 2. The average molecular weight is 406 g/mol. The molecule has 4 nitrogen and oxygen atoms in total. The predicted octanol–water partition coefficient (Wildman–Crippen LogP) is 4.17. The first-order chi connectivity index (χ1) is 14.6. The lowest BCUT2D eigenvalue weighted by Gasteiger charge is -2.49. The summed E-state index contributed by atoms with van der Waals surface area (Å²) in [6, 6.07) is 18.6. The van der Waals surface area contributed by atoms with Gasteiger partial charge >= 0.3 is 0 Å². The van der Waals surface area contributed by atoms with Gasteiger partial charge in [-0.3, -0.25) is 4.90 Å². The number of hydrogen-bond acceptors (Lipinski definition) is 4. The number of aliphatic hydroxyl groups excluding tert-OH is 1. The molecule has 1 aliphatic heterocycles. The maximum Gasteiger partial charge on any atom is 0.122 e. The molecule has 0 spiro atoms. The highest BCUT2D eigenvalue weighted by atomic mass is 16.5. The van der Waals surface area contributed by atoms with Gasteiger partial charge in [-0.15, -0.1) is 0 Å². The minimum atomic E-state index is -0.588. The third-order valence-electron chi connectivity index (χ3n) is 6.49. The van der Waals surface area contributed by atoms with Crippen molar-refractivity contribution in [2.24, 2.45) is 5.41 Å². The molecule has 2 aliphatic rings. The van der Waals surface area contributed by atoms with Gasteiger partial charge in [0.25, 0.3) is 0 Å². The molecule has 0 amide bonds. The van der Waals surface area contributed by atoms with Gasteiger partial charge in [-0.25, -0.2) is 0 Å². The average Bonchev–Trinajstić information content (AvgIpc) is 2.79. The molecule has 0 aromatic heterocycles. The van der Waals surface area contributed by atoms with Crippen LogP contribution in [-0.4, -0.2) is 49.0 Å². The Kier molecular flexibility index (Phi) is 6.38. The third kappa shape index (κ3) is 3.95. The first-order valence-electron chi connectivity index (χ1n) is 10.7. The second kappa shape index (κ2) is 9.17. The van der Waals surface area contributed by atoms with Crippen molar-refractivity contribution in [3.63, 3.8) is 0 Å². The summed E-state index contributed by atoms with van der Waals surface area (Å²) in [5.41, 5.74) is 1.80. The van der Waals surface area contributed by atoms with E-state index in [9.17, 15) is 5.11 Å². The van der Waals surface area contributed by atoms with E-state index in [0.29, 0.717) is 6.61 Å². The number of hydrogen-bond donors (Lipinski definition) is 1. The molecular formula is C26H31NO3. The monoisotopic (exact) mass is 405 g/mol. The SMILES string of the molecule is COc1ccccc1C1C=CC=CC1(C(C)O)C1CN(Cc2ccccc2)CCO1. The van der Waals surface area contributed by atoms with E-state index in [1.54, 1.807) is 7.11 Å². The van der Waals surface area contributed by atoms with E-state index in [0.717, 1.165) is 30.9 Å². The zero-order chi connectivity index (χ0) is 21.0. The molecule has 0 saturated carbocycles. The van der Waals surface area contributed by atoms with E-state index in [1.807, 2.05) is 37.3 Å². The van der Waals surface area contributed by atoms with Gasteiger partial charge in [-0.05, 0) is 18.6 Å². The number of rotatable bonds is 6. The Morgan fingerprint density at radius 1 is 1.13 bits per heavy atom. The summed E-state index contributed by atoms with van der Waals surface area (Å²) in [4.78, 5) is 2.43. The van der Waals surface area contributed by atoms with Gasteiger partial charge in [0.2, 0.25) is 0 Å². The molecule has 4 heteroatoms. The molecule has 1 fully saturated rings. The van der Waals surface area contributed by atoms with Crippen LogP contribution < -0.4 is 4.74 Å². The molecule has 0 bridgehead atoms. The molecule has 4 unspecified atom stereocenters. The van der Waals surface area contributed by atoms with Crippen LogP contribution in [0.15, 0.2) is 78.9 Å². The van der Waals surface area contributed by atoms with Crippen molar-refractivity contribution in [3.05, 3.63) is 90.0 Å². The number of methoxy groups -OCH3 is 1. The van der Waals surface area contributed by atoms with E-state index in [4.69, 9.17) is 9.47 Å². The number of aliphatic hydroxyl groups is 1. The zero-order valence-corrected chi connectivity index (χ0v) is 17.8. The minimum Gasteiger partial charge on any atom is -0.496 e. The van der Waals surface area contributed by atoms with Gasteiger partial charge in [-0.1, -0.05) is 72.8 Å². The lowest BCUT2D eigenvalue weighted by atomic mass is 9.62. The van der Waals surface area contributed by atoms with E-state index in [2.05, 4.69) is 53.5 Å². The van der Waals surface area contributed by atoms with Crippen LogP contribution in [0.1, 0.15) is 24.0 Å². The van der Waals surface area contributed by atoms with Crippen molar-refractivity contribution in [2.75, 3.05) is 26.8 Å². The van der Waals surface area contributed by atoms with E-state index >= 15 is 0 Å². The fraction of sp³-hybridized carbons (Fsp3) is 0.385. The van der Waals surface area contributed by atoms with Crippen LogP contribution in [0.5, 0.6) is 5.75 Å². The van der Waals surface area contributed by atoms with Gasteiger partial charge in [0, 0.05) is 31.1 Å². The Labute approximate surface area is 179 Å². The third-order valence-corrected chi connectivity index (χ3v) is 6.49. The Hall–Kier alpha value is -2.40. The molecule has 1 heterocycles. The van der Waals surface area contributed by atoms with Crippen LogP contribution >= 0.6 is 0 Å². The summed E-state index contributed by atoms with van der Waals surface area (Å²) in [6.45, 7) is 5.08. The fourth-order valence-electron chi connectivity index (χ4n) is 4.93. The number of morpholine rings is 1. The highest BCUT2D eigenvalue weighted by Gasteiger charge is 2.50. The summed E-state index contributed by atoms with van der Waals surface area (Å²) >= 11 is 0. The summed E-state index contributed by atoms with van der Waals surface area (Å²) in [6.07, 6.45) is 7.69. The normalized spacial score (nSPS) is 27.7. The maximum atomic E-state index is 11.1. The van der Waals surface area contributed by atoms with Crippen LogP contribution in [0, 0.1) is 5.41 Å². The topological polar surface area (TPSA) is 41.9 Å². The lowest BCUT2D eigenvalue weighted by molar-refractivity contribution is -0.121. The molecule has 1 aliphatic carbocycles. The molecule has 0 radical (unpaired) electrons. The Morgan fingerprint density at radius 2 is 1.90 bits per heavy atom.